The summed E-state index contributed by atoms with van der Waals surface area (Å²) in [7, 11) is 0. The first-order chi connectivity index (χ1) is 11.7. The summed E-state index contributed by atoms with van der Waals surface area (Å²) in [4.78, 5) is 25.4. The molecule has 2 amide bonds. The van der Waals surface area contributed by atoms with Gasteiger partial charge in [0.15, 0.2) is 0 Å². The molecule has 4 aliphatic rings. The summed E-state index contributed by atoms with van der Waals surface area (Å²) in [6, 6.07) is 9.85. The summed E-state index contributed by atoms with van der Waals surface area (Å²) in [6.07, 6.45) is 11.9. The van der Waals surface area contributed by atoms with Gasteiger partial charge in [-0.05, 0) is 41.7 Å². The summed E-state index contributed by atoms with van der Waals surface area (Å²) >= 11 is 0. The van der Waals surface area contributed by atoms with Crippen molar-refractivity contribution in [3.8, 4) is 0 Å². The predicted octanol–water partition coefficient (Wildman–Crippen LogP) is 2.88. The molecule has 1 spiro atoms. The topological polar surface area (TPSA) is 49.7 Å². The lowest BCUT2D eigenvalue weighted by Gasteiger charge is -2.18. The summed E-state index contributed by atoms with van der Waals surface area (Å²) in [5, 5.41) is 5.25. The van der Waals surface area contributed by atoms with Crippen LogP contribution in [0.1, 0.15) is 18.4 Å². The number of fused-ring (bicyclic) bond motifs is 3. The van der Waals surface area contributed by atoms with Crippen LogP contribution in [0.5, 0.6) is 0 Å². The number of hydrazone groups is 1. The number of allylic oxidation sites excluding steroid dienone is 3. The maximum absolute atomic E-state index is 12.7. The van der Waals surface area contributed by atoms with Gasteiger partial charge in [0.25, 0.3) is 11.8 Å². The zero-order valence-corrected chi connectivity index (χ0v) is 13.2. The second-order valence-corrected chi connectivity index (χ2v) is 7.24. The van der Waals surface area contributed by atoms with E-state index in [1.807, 2.05) is 36.4 Å². The fourth-order valence-electron chi connectivity index (χ4n) is 5.00. The molecule has 3 fully saturated rings. The maximum Gasteiger partial charge on any atom is 0.254 e. The van der Waals surface area contributed by atoms with Gasteiger partial charge in [0.2, 0.25) is 0 Å². The van der Waals surface area contributed by atoms with Gasteiger partial charge >= 0.3 is 0 Å². The lowest BCUT2D eigenvalue weighted by atomic mass is 9.85. The number of hydrogen-bond acceptors (Lipinski definition) is 3. The molecule has 3 aliphatic carbocycles. The zero-order chi connectivity index (χ0) is 16.3. The third-order valence-corrected chi connectivity index (χ3v) is 6.19. The van der Waals surface area contributed by atoms with Gasteiger partial charge in [-0.1, -0.05) is 48.6 Å². The average molecular weight is 318 g/mol. The van der Waals surface area contributed by atoms with Crippen molar-refractivity contribution in [2.24, 2.45) is 34.2 Å². The van der Waals surface area contributed by atoms with Crippen molar-refractivity contribution in [2.45, 2.75) is 12.8 Å². The molecule has 1 aromatic rings. The first-order valence-electron chi connectivity index (χ1n) is 8.54. The molecule has 2 saturated carbocycles. The van der Waals surface area contributed by atoms with Gasteiger partial charge in [-0.3, -0.25) is 9.59 Å². The van der Waals surface area contributed by atoms with Crippen molar-refractivity contribution in [1.82, 2.24) is 5.01 Å². The summed E-state index contributed by atoms with van der Waals surface area (Å²) < 4.78 is 0. The van der Waals surface area contributed by atoms with Crippen molar-refractivity contribution < 1.29 is 9.59 Å². The molecule has 0 N–H and O–H groups in total. The molecule has 1 aromatic carbocycles. The fraction of sp³-hybridized carbons (Fsp3) is 0.350. The Kier molecular flexibility index (Phi) is 2.76. The molecule has 5 rings (SSSR count). The van der Waals surface area contributed by atoms with Crippen LogP contribution >= 0.6 is 0 Å². The highest BCUT2D eigenvalue weighted by molar-refractivity contribution is 6.07. The van der Waals surface area contributed by atoms with Crippen LogP contribution in [0.4, 0.5) is 0 Å². The fourth-order valence-corrected chi connectivity index (χ4v) is 5.00. The number of carbonyl (C=O) groups excluding carboxylic acids is 2. The lowest BCUT2D eigenvalue weighted by molar-refractivity contribution is -0.141. The van der Waals surface area contributed by atoms with Crippen LogP contribution in [0.15, 0.2) is 53.7 Å². The minimum absolute atomic E-state index is 0.113. The van der Waals surface area contributed by atoms with Crippen molar-refractivity contribution in [3.63, 3.8) is 0 Å². The van der Waals surface area contributed by atoms with E-state index in [9.17, 15) is 9.59 Å². The van der Waals surface area contributed by atoms with E-state index in [0.29, 0.717) is 0 Å². The SMILES string of the molecule is O=C1[C@@H]2[C@@H](C(=O)N1/N=C\C=C\c1ccccc1)[C@@H]1C=C[C@@H]2C12CC2. The van der Waals surface area contributed by atoms with Gasteiger partial charge in [-0.25, -0.2) is 0 Å². The monoisotopic (exact) mass is 318 g/mol. The van der Waals surface area contributed by atoms with E-state index in [-0.39, 0.29) is 40.9 Å². The van der Waals surface area contributed by atoms with Crippen LogP contribution in [0, 0.1) is 29.1 Å². The van der Waals surface area contributed by atoms with Gasteiger partial charge in [0.1, 0.15) is 0 Å². The van der Waals surface area contributed by atoms with Crippen LogP contribution in [-0.4, -0.2) is 23.0 Å². The maximum atomic E-state index is 12.7. The van der Waals surface area contributed by atoms with Crippen LogP contribution in [0.2, 0.25) is 0 Å². The first-order valence-corrected chi connectivity index (χ1v) is 8.54. The van der Waals surface area contributed by atoms with E-state index in [0.717, 1.165) is 23.4 Å². The Morgan fingerprint density at radius 3 is 2.21 bits per heavy atom. The summed E-state index contributed by atoms with van der Waals surface area (Å²) in [5.41, 5.74) is 1.29. The van der Waals surface area contributed by atoms with Crippen molar-refractivity contribution in [3.05, 3.63) is 54.1 Å². The number of rotatable bonds is 3. The number of benzene rings is 1. The van der Waals surface area contributed by atoms with Crippen molar-refractivity contribution in [1.29, 1.82) is 0 Å². The predicted molar refractivity (Wildman–Crippen MR) is 90.6 cm³/mol. The molecule has 2 bridgehead atoms. The van der Waals surface area contributed by atoms with Gasteiger partial charge in [-0.2, -0.15) is 10.1 Å². The van der Waals surface area contributed by atoms with E-state index >= 15 is 0 Å². The Morgan fingerprint density at radius 1 is 1.00 bits per heavy atom. The molecular formula is C20H18N2O2. The number of amides is 2. The minimum atomic E-state index is -0.176. The largest absolute Gasteiger partial charge is 0.272 e. The summed E-state index contributed by atoms with van der Waals surface area (Å²) in [6.45, 7) is 0. The van der Waals surface area contributed by atoms with Crippen molar-refractivity contribution in [2.75, 3.05) is 0 Å². The van der Waals surface area contributed by atoms with Gasteiger partial charge in [-0.15, -0.1) is 0 Å². The highest BCUT2D eigenvalue weighted by Crippen LogP contribution is 2.73. The van der Waals surface area contributed by atoms with Gasteiger partial charge < -0.3 is 0 Å². The Labute approximate surface area is 140 Å². The van der Waals surface area contributed by atoms with Crippen molar-refractivity contribution >= 4 is 24.1 Å². The summed E-state index contributed by atoms with van der Waals surface area (Å²) in [5.74, 6) is -0.0708. The normalized spacial score (nSPS) is 35.1. The lowest BCUT2D eigenvalue weighted by Crippen LogP contribution is -2.30. The smallest absolute Gasteiger partial charge is 0.254 e. The Bertz CT molecular complexity index is 770. The highest BCUT2D eigenvalue weighted by Gasteiger charge is 2.73. The standard InChI is InChI=1S/C20H18N2O2/c23-18-16-14-8-9-15(20(14)10-11-20)17(16)19(24)22(18)21-12-4-7-13-5-2-1-3-6-13/h1-9,12,14-17H,10-11H2/b7-4+,21-12-/t14-,15-,16-,17-/m0/s1. The molecule has 4 heteroatoms. The zero-order valence-electron chi connectivity index (χ0n) is 13.2. The van der Waals surface area contributed by atoms with Crippen LogP contribution in [0.3, 0.4) is 0 Å². The van der Waals surface area contributed by atoms with Gasteiger partial charge in [0.05, 0.1) is 11.8 Å². The number of hydrogen-bond donors (Lipinski definition) is 0. The highest BCUT2D eigenvalue weighted by atomic mass is 16.2. The minimum Gasteiger partial charge on any atom is -0.272 e. The Balaban J connectivity index is 1.34. The molecule has 4 nitrogen and oxygen atoms in total. The van der Waals surface area contributed by atoms with Crippen LogP contribution < -0.4 is 0 Å². The second-order valence-electron chi connectivity index (χ2n) is 7.24. The third kappa shape index (κ3) is 1.71. The van der Waals surface area contributed by atoms with E-state index in [1.165, 1.54) is 6.21 Å². The molecule has 1 saturated heterocycles. The molecule has 0 aromatic heterocycles. The quantitative estimate of drug-likeness (QED) is 0.489. The number of nitrogens with zero attached hydrogens (tertiary/aromatic N) is 2. The van der Waals surface area contributed by atoms with Crippen LogP contribution in [-0.2, 0) is 9.59 Å². The average Bonchev–Trinajstić information content (AvgIpc) is 3.20. The van der Waals surface area contributed by atoms with E-state index in [2.05, 4.69) is 17.3 Å². The molecular weight excluding hydrogens is 300 g/mol. The number of carbonyl (C=O) groups is 2. The molecule has 1 aliphatic heterocycles. The number of imide groups is 1. The Hall–Kier alpha value is -2.49. The molecule has 1 heterocycles. The molecule has 0 radical (unpaired) electrons. The van der Waals surface area contributed by atoms with E-state index in [4.69, 9.17) is 0 Å². The van der Waals surface area contributed by atoms with E-state index in [1.54, 1.807) is 6.08 Å². The second kappa shape index (κ2) is 4.76. The van der Waals surface area contributed by atoms with E-state index < -0.39 is 0 Å². The molecule has 0 unspecified atom stereocenters. The molecule has 120 valence electrons. The van der Waals surface area contributed by atoms with Gasteiger partial charge in [0, 0.05) is 6.21 Å². The van der Waals surface area contributed by atoms with Crippen LogP contribution in [0.25, 0.3) is 6.08 Å². The third-order valence-electron chi connectivity index (χ3n) is 6.19. The first kappa shape index (κ1) is 13.9. The molecule has 24 heavy (non-hydrogen) atoms. The molecule has 4 atom stereocenters. The Morgan fingerprint density at radius 2 is 1.62 bits per heavy atom.